The average molecular weight is 473 g/mol. The van der Waals surface area contributed by atoms with Crippen LogP contribution >= 0.6 is 35.0 Å². The number of nitrogens with zero attached hydrogens (tertiary/aromatic N) is 1. The highest BCUT2D eigenvalue weighted by Gasteiger charge is 2.26. The van der Waals surface area contributed by atoms with Gasteiger partial charge in [-0.3, -0.25) is 4.79 Å². The first-order valence-corrected chi connectivity index (χ1v) is 12.3. The van der Waals surface area contributed by atoms with Gasteiger partial charge in [-0.25, -0.2) is 8.42 Å². The second-order valence-corrected chi connectivity index (χ2v) is 11.0. The van der Waals surface area contributed by atoms with Crippen LogP contribution in [0.3, 0.4) is 0 Å². The number of halogens is 2. The Balaban J connectivity index is 1.56. The van der Waals surface area contributed by atoms with Crippen molar-refractivity contribution in [3.63, 3.8) is 0 Å². The van der Waals surface area contributed by atoms with Crippen LogP contribution in [0.5, 0.6) is 0 Å². The summed E-state index contributed by atoms with van der Waals surface area (Å²) >= 11 is 13.5. The number of benzene rings is 2. The number of carbonyl (C=O) groups excluding carboxylic acids is 1. The summed E-state index contributed by atoms with van der Waals surface area (Å²) < 4.78 is 26.6. The highest BCUT2D eigenvalue weighted by Crippen LogP contribution is 2.32. The minimum Gasteiger partial charge on any atom is -0.351 e. The monoisotopic (exact) mass is 472 g/mol. The van der Waals surface area contributed by atoms with E-state index in [0.29, 0.717) is 29.7 Å². The van der Waals surface area contributed by atoms with Crippen LogP contribution in [-0.4, -0.2) is 37.0 Å². The van der Waals surface area contributed by atoms with E-state index in [0.717, 1.165) is 23.3 Å². The Morgan fingerprint density at radius 2 is 1.79 bits per heavy atom. The van der Waals surface area contributed by atoms with E-state index in [2.05, 4.69) is 5.32 Å². The third-order valence-corrected chi connectivity index (χ3v) is 8.41. The van der Waals surface area contributed by atoms with E-state index in [1.165, 1.54) is 16.1 Å². The molecule has 3 rings (SSSR count). The van der Waals surface area contributed by atoms with Crippen molar-refractivity contribution >= 4 is 50.9 Å². The van der Waals surface area contributed by atoms with Gasteiger partial charge in [0.25, 0.3) is 0 Å². The van der Waals surface area contributed by atoms with E-state index in [-0.39, 0.29) is 16.1 Å². The number of hydrogen-bond donors (Lipinski definition) is 1. The number of carbonyl (C=O) groups is 1. The smallest absolute Gasteiger partial charge is 0.243 e. The summed E-state index contributed by atoms with van der Waals surface area (Å²) in [5, 5.41) is 3.62. The SMILES string of the molecule is CC(Sc1cc(Cl)ccc1Cl)C(=O)NCc1ccc(S(=O)(=O)N2CCCC2)cc1. The molecule has 1 aliphatic rings. The molecule has 2 aromatic carbocycles. The molecule has 1 unspecified atom stereocenters. The molecule has 9 heteroatoms. The second-order valence-electron chi connectivity index (χ2n) is 6.81. The first-order valence-electron chi connectivity index (χ1n) is 9.26. The van der Waals surface area contributed by atoms with Crippen molar-refractivity contribution in [3.05, 3.63) is 58.1 Å². The highest BCUT2D eigenvalue weighted by atomic mass is 35.5. The van der Waals surface area contributed by atoms with Crippen molar-refractivity contribution in [3.8, 4) is 0 Å². The summed E-state index contributed by atoms with van der Waals surface area (Å²) in [6, 6.07) is 11.8. The van der Waals surface area contributed by atoms with Crippen LogP contribution in [0.25, 0.3) is 0 Å². The van der Waals surface area contributed by atoms with Crippen molar-refractivity contribution in [2.75, 3.05) is 13.1 Å². The zero-order chi connectivity index (χ0) is 21.0. The van der Waals surface area contributed by atoms with Gasteiger partial charge in [0.1, 0.15) is 0 Å². The largest absolute Gasteiger partial charge is 0.351 e. The lowest BCUT2D eigenvalue weighted by atomic mass is 10.2. The van der Waals surface area contributed by atoms with E-state index < -0.39 is 10.0 Å². The fraction of sp³-hybridized carbons (Fsp3) is 0.350. The molecule has 0 radical (unpaired) electrons. The zero-order valence-corrected chi connectivity index (χ0v) is 19.0. The molecule has 1 fully saturated rings. The van der Waals surface area contributed by atoms with Crippen molar-refractivity contribution in [2.45, 2.75) is 41.4 Å². The van der Waals surface area contributed by atoms with E-state index in [9.17, 15) is 13.2 Å². The third kappa shape index (κ3) is 5.67. The fourth-order valence-corrected chi connectivity index (χ4v) is 5.95. The number of amides is 1. The normalized spacial score (nSPS) is 16.0. The molecule has 156 valence electrons. The average Bonchev–Trinajstić information content (AvgIpc) is 3.25. The molecule has 29 heavy (non-hydrogen) atoms. The molecule has 1 saturated heterocycles. The first-order chi connectivity index (χ1) is 13.8. The topological polar surface area (TPSA) is 66.5 Å². The molecular weight excluding hydrogens is 451 g/mol. The number of sulfonamides is 1. The van der Waals surface area contributed by atoms with Crippen LogP contribution in [-0.2, 0) is 21.4 Å². The fourth-order valence-electron chi connectivity index (χ4n) is 3.00. The Kier molecular flexibility index (Phi) is 7.51. The quantitative estimate of drug-likeness (QED) is 0.598. The van der Waals surface area contributed by atoms with Crippen molar-refractivity contribution < 1.29 is 13.2 Å². The molecule has 0 bridgehead atoms. The van der Waals surface area contributed by atoms with Crippen LogP contribution in [0.4, 0.5) is 0 Å². The molecule has 0 aliphatic carbocycles. The zero-order valence-electron chi connectivity index (χ0n) is 15.9. The summed E-state index contributed by atoms with van der Waals surface area (Å²) in [6.07, 6.45) is 1.81. The predicted octanol–water partition coefficient (Wildman–Crippen LogP) is 4.57. The Morgan fingerprint density at radius 1 is 1.14 bits per heavy atom. The van der Waals surface area contributed by atoms with Gasteiger partial charge < -0.3 is 5.32 Å². The van der Waals surface area contributed by atoms with Crippen molar-refractivity contribution in [1.82, 2.24) is 9.62 Å². The van der Waals surface area contributed by atoms with Gasteiger partial charge in [0.15, 0.2) is 0 Å². The van der Waals surface area contributed by atoms with Crippen LogP contribution in [0.1, 0.15) is 25.3 Å². The van der Waals surface area contributed by atoms with Gasteiger partial charge in [0.2, 0.25) is 15.9 Å². The minimum absolute atomic E-state index is 0.139. The number of rotatable bonds is 7. The Morgan fingerprint density at radius 3 is 2.45 bits per heavy atom. The van der Waals surface area contributed by atoms with E-state index in [1.807, 2.05) is 0 Å². The Bertz CT molecular complexity index is 976. The summed E-state index contributed by atoms with van der Waals surface area (Å²) in [5.41, 5.74) is 0.830. The summed E-state index contributed by atoms with van der Waals surface area (Å²) in [6.45, 7) is 3.26. The number of nitrogens with one attached hydrogen (secondary N) is 1. The van der Waals surface area contributed by atoms with Crippen LogP contribution in [0, 0.1) is 0 Å². The standard InChI is InChI=1S/C20H22Cl2N2O3S2/c1-14(28-19-12-16(21)6-9-18(19)22)20(25)23-13-15-4-7-17(8-5-15)29(26,27)24-10-2-3-11-24/h4-9,12,14H,2-3,10-11,13H2,1H3,(H,23,25). The maximum atomic E-state index is 12.6. The van der Waals surface area contributed by atoms with Gasteiger partial charge >= 0.3 is 0 Å². The molecule has 1 atom stereocenters. The van der Waals surface area contributed by atoms with Crippen molar-refractivity contribution in [2.24, 2.45) is 0 Å². The molecule has 2 aromatic rings. The van der Waals surface area contributed by atoms with Crippen LogP contribution in [0.15, 0.2) is 52.3 Å². The van der Waals surface area contributed by atoms with Gasteiger partial charge in [-0.2, -0.15) is 4.31 Å². The third-order valence-electron chi connectivity index (χ3n) is 4.66. The van der Waals surface area contributed by atoms with Gasteiger partial charge in [-0.15, -0.1) is 11.8 Å². The maximum absolute atomic E-state index is 12.6. The highest BCUT2D eigenvalue weighted by molar-refractivity contribution is 8.00. The molecule has 5 nitrogen and oxygen atoms in total. The minimum atomic E-state index is -3.42. The van der Waals surface area contributed by atoms with Gasteiger partial charge in [0.05, 0.1) is 15.2 Å². The Labute approximate surface area is 185 Å². The van der Waals surface area contributed by atoms with Crippen LogP contribution < -0.4 is 5.32 Å². The van der Waals surface area contributed by atoms with Gasteiger partial charge in [-0.1, -0.05) is 35.3 Å². The molecule has 0 aromatic heterocycles. The van der Waals surface area contributed by atoms with E-state index in [1.54, 1.807) is 49.4 Å². The molecule has 1 N–H and O–H groups in total. The molecule has 0 saturated carbocycles. The molecule has 1 aliphatic heterocycles. The summed E-state index contributed by atoms with van der Waals surface area (Å²) in [4.78, 5) is 13.4. The maximum Gasteiger partial charge on any atom is 0.243 e. The van der Waals surface area contributed by atoms with Crippen LogP contribution in [0.2, 0.25) is 10.0 Å². The molecular formula is C20H22Cl2N2O3S2. The van der Waals surface area contributed by atoms with Gasteiger partial charge in [-0.05, 0) is 55.7 Å². The van der Waals surface area contributed by atoms with Crippen molar-refractivity contribution in [1.29, 1.82) is 0 Å². The second kappa shape index (κ2) is 9.71. The lowest BCUT2D eigenvalue weighted by molar-refractivity contribution is -0.120. The summed E-state index contributed by atoms with van der Waals surface area (Å²) in [5.74, 6) is -0.139. The molecule has 1 heterocycles. The van der Waals surface area contributed by atoms with Gasteiger partial charge in [0, 0.05) is 29.6 Å². The Hall–Kier alpha value is -1.25. The predicted molar refractivity (Wildman–Crippen MR) is 118 cm³/mol. The molecule has 1 amide bonds. The molecule has 0 spiro atoms. The summed E-state index contributed by atoms with van der Waals surface area (Å²) in [7, 11) is -3.42. The number of hydrogen-bond acceptors (Lipinski definition) is 4. The lowest BCUT2D eigenvalue weighted by Gasteiger charge is -2.16. The number of thioether (sulfide) groups is 1. The lowest BCUT2D eigenvalue weighted by Crippen LogP contribution is -2.30. The van der Waals surface area contributed by atoms with E-state index >= 15 is 0 Å². The van der Waals surface area contributed by atoms with E-state index in [4.69, 9.17) is 23.2 Å². The first kappa shape index (κ1) is 22.4.